The lowest BCUT2D eigenvalue weighted by Crippen LogP contribution is -2.59. The van der Waals surface area contributed by atoms with Crippen molar-refractivity contribution in [2.75, 3.05) is 19.6 Å². The maximum absolute atomic E-state index is 11.8. The van der Waals surface area contributed by atoms with Gasteiger partial charge < -0.3 is 15.3 Å². The Morgan fingerprint density at radius 1 is 1.40 bits per heavy atom. The van der Waals surface area contributed by atoms with E-state index in [0.717, 1.165) is 57.7 Å². The number of hydrogen-bond donors (Lipinski definition) is 2. The average Bonchev–Trinajstić information content (AvgIpc) is 2.45. The van der Waals surface area contributed by atoms with Crippen LogP contribution in [0.1, 0.15) is 58.8 Å². The van der Waals surface area contributed by atoms with Crippen LogP contribution in [0.2, 0.25) is 0 Å². The maximum Gasteiger partial charge on any atom is 0.323 e. The smallest absolute Gasteiger partial charge is 0.323 e. The zero-order valence-corrected chi connectivity index (χ0v) is 13.0. The van der Waals surface area contributed by atoms with Crippen molar-refractivity contribution in [3.05, 3.63) is 0 Å². The summed E-state index contributed by atoms with van der Waals surface area (Å²) in [6.45, 7) is 7.51. The summed E-state index contributed by atoms with van der Waals surface area (Å²) in [7, 11) is 0. The largest absolute Gasteiger partial charge is 0.480 e. The van der Waals surface area contributed by atoms with Gasteiger partial charge in [0.25, 0.3) is 0 Å². The van der Waals surface area contributed by atoms with E-state index in [9.17, 15) is 9.90 Å². The first-order valence-electron chi connectivity index (χ1n) is 8.30. The molecule has 0 radical (unpaired) electrons. The highest BCUT2D eigenvalue weighted by Gasteiger charge is 2.44. The van der Waals surface area contributed by atoms with Gasteiger partial charge in [0.15, 0.2) is 0 Å². The van der Waals surface area contributed by atoms with Gasteiger partial charge in [-0.05, 0) is 64.0 Å². The number of carbonyl (C=O) groups is 1. The first-order valence-corrected chi connectivity index (χ1v) is 8.30. The second-order valence-electron chi connectivity index (χ2n) is 6.81. The van der Waals surface area contributed by atoms with E-state index >= 15 is 0 Å². The van der Waals surface area contributed by atoms with E-state index in [1.165, 1.54) is 12.8 Å². The van der Waals surface area contributed by atoms with Crippen molar-refractivity contribution < 1.29 is 9.90 Å². The summed E-state index contributed by atoms with van der Waals surface area (Å²) in [6, 6.07) is 0.451. The number of carboxylic acids is 1. The molecule has 2 N–H and O–H groups in total. The molecule has 0 aromatic carbocycles. The molecule has 2 rings (SSSR count). The van der Waals surface area contributed by atoms with Crippen molar-refractivity contribution in [3.63, 3.8) is 0 Å². The van der Waals surface area contributed by atoms with Crippen molar-refractivity contribution in [3.8, 4) is 0 Å². The quantitative estimate of drug-likeness (QED) is 0.813. The third-order valence-electron chi connectivity index (χ3n) is 5.05. The molecule has 1 aliphatic heterocycles. The molecule has 3 unspecified atom stereocenters. The van der Waals surface area contributed by atoms with Crippen LogP contribution >= 0.6 is 0 Å². The van der Waals surface area contributed by atoms with Crippen molar-refractivity contribution in [1.82, 2.24) is 10.2 Å². The van der Waals surface area contributed by atoms with Gasteiger partial charge in [0, 0.05) is 12.6 Å². The molecule has 116 valence electrons. The maximum atomic E-state index is 11.8. The van der Waals surface area contributed by atoms with Gasteiger partial charge in [0.05, 0.1) is 0 Å². The Bertz CT molecular complexity index is 334. The zero-order valence-electron chi connectivity index (χ0n) is 13.0. The average molecular weight is 282 g/mol. The Morgan fingerprint density at radius 3 is 2.85 bits per heavy atom. The molecule has 1 saturated heterocycles. The third-order valence-corrected chi connectivity index (χ3v) is 5.05. The molecule has 0 aromatic rings. The molecule has 0 amide bonds. The van der Waals surface area contributed by atoms with Crippen molar-refractivity contribution in [2.24, 2.45) is 5.92 Å². The van der Waals surface area contributed by atoms with Gasteiger partial charge in [-0.1, -0.05) is 13.8 Å². The summed E-state index contributed by atoms with van der Waals surface area (Å²) in [4.78, 5) is 14.3. The zero-order chi connectivity index (χ0) is 14.6. The van der Waals surface area contributed by atoms with Crippen LogP contribution in [-0.2, 0) is 4.79 Å². The fourth-order valence-electron chi connectivity index (χ4n) is 3.91. The summed E-state index contributed by atoms with van der Waals surface area (Å²) >= 11 is 0. The van der Waals surface area contributed by atoms with Gasteiger partial charge in [-0.25, -0.2) is 0 Å². The highest BCUT2D eigenvalue weighted by atomic mass is 16.4. The van der Waals surface area contributed by atoms with Crippen LogP contribution in [0.4, 0.5) is 0 Å². The second kappa shape index (κ2) is 6.90. The lowest BCUT2D eigenvalue weighted by molar-refractivity contribution is -0.147. The number of likely N-dealkylation sites (tertiary alicyclic amines) is 1. The molecule has 0 aromatic heterocycles. The standard InChI is InChI=1S/C16H30N2O2/c1-3-9-17-16(15(19)20)8-4-7-14(11-16)18-10-5-6-13(2)12-18/h13-14,17H,3-12H2,1-2H3,(H,19,20). The van der Waals surface area contributed by atoms with E-state index in [1.54, 1.807) is 0 Å². The van der Waals surface area contributed by atoms with Gasteiger partial charge in [0.1, 0.15) is 5.54 Å². The van der Waals surface area contributed by atoms with Crippen LogP contribution in [0.15, 0.2) is 0 Å². The van der Waals surface area contributed by atoms with Crippen molar-refractivity contribution >= 4 is 5.97 Å². The van der Waals surface area contributed by atoms with E-state index in [1.807, 2.05) is 0 Å². The first kappa shape index (κ1) is 15.8. The Balaban J connectivity index is 2.03. The van der Waals surface area contributed by atoms with Crippen LogP contribution in [0, 0.1) is 5.92 Å². The third kappa shape index (κ3) is 3.53. The Labute approximate surface area is 122 Å². The van der Waals surface area contributed by atoms with Crippen molar-refractivity contribution in [2.45, 2.75) is 70.4 Å². The number of nitrogens with zero attached hydrogens (tertiary/aromatic N) is 1. The molecule has 1 heterocycles. The molecule has 0 bridgehead atoms. The molecule has 1 saturated carbocycles. The highest BCUT2D eigenvalue weighted by Crippen LogP contribution is 2.33. The Kier molecular flexibility index (Phi) is 5.44. The summed E-state index contributed by atoms with van der Waals surface area (Å²) in [5.74, 6) is 0.106. The van der Waals surface area contributed by atoms with Crippen molar-refractivity contribution in [1.29, 1.82) is 0 Å². The Morgan fingerprint density at radius 2 is 2.20 bits per heavy atom. The topological polar surface area (TPSA) is 52.6 Å². The summed E-state index contributed by atoms with van der Waals surface area (Å²) in [6.07, 6.45) is 7.31. The minimum atomic E-state index is -0.681. The SMILES string of the molecule is CCCNC1(C(=O)O)CCCC(N2CCCC(C)C2)C1. The van der Waals surface area contributed by atoms with E-state index in [-0.39, 0.29) is 0 Å². The monoisotopic (exact) mass is 282 g/mol. The fraction of sp³-hybridized carbons (Fsp3) is 0.938. The van der Waals surface area contributed by atoms with E-state index < -0.39 is 11.5 Å². The van der Waals surface area contributed by atoms with Crippen LogP contribution < -0.4 is 5.32 Å². The first-order chi connectivity index (χ1) is 9.57. The lowest BCUT2D eigenvalue weighted by Gasteiger charge is -2.45. The highest BCUT2D eigenvalue weighted by molar-refractivity contribution is 5.79. The fourth-order valence-corrected chi connectivity index (χ4v) is 3.91. The van der Waals surface area contributed by atoms with Crippen LogP contribution in [0.3, 0.4) is 0 Å². The summed E-state index contributed by atoms with van der Waals surface area (Å²) < 4.78 is 0. The molecular formula is C16H30N2O2. The molecule has 1 aliphatic carbocycles. The molecule has 4 nitrogen and oxygen atoms in total. The molecule has 2 aliphatic rings. The molecule has 0 spiro atoms. The number of piperidine rings is 1. The van der Waals surface area contributed by atoms with Gasteiger partial charge in [-0.3, -0.25) is 4.79 Å². The van der Waals surface area contributed by atoms with Crippen LogP contribution in [0.25, 0.3) is 0 Å². The summed E-state index contributed by atoms with van der Waals surface area (Å²) in [5.41, 5.74) is -0.681. The number of carboxylic acid groups (broad SMARTS) is 1. The molecule has 3 atom stereocenters. The van der Waals surface area contributed by atoms with E-state index in [4.69, 9.17) is 0 Å². The number of rotatable bonds is 5. The molecular weight excluding hydrogens is 252 g/mol. The predicted octanol–water partition coefficient (Wildman–Crippen LogP) is 2.48. The Hall–Kier alpha value is -0.610. The minimum absolute atomic E-state index is 0.451. The second-order valence-corrected chi connectivity index (χ2v) is 6.81. The van der Waals surface area contributed by atoms with E-state index in [2.05, 4.69) is 24.1 Å². The normalized spacial score (nSPS) is 35.9. The van der Waals surface area contributed by atoms with E-state index in [0.29, 0.717) is 6.04 Å². The molecule has 20 heavy (non-hydrogen) atoms. The molecule has 2 fully saturated rings. The van der Waals surface area contributed by atoms with Gasteiger partial charge in [-0.2, -0.15) is 0 Å². The van der Waals surface area contributed by atoms with Crippen LogP contribution in [0.5, 0.6) is 0 Å². The summed E-state index contributed by atoms with van der Waals surface area (Å²) in [5, 5.41) is 13.0. The van der Waals surface area contributed by atoms with Gasteiger partial charge in [-0.15, -0.1) is 0 Å². The van der Waals surface area contributed by atoms with Crippen LogP contribution in [-0.4, -0.2) is 47.2 Å². The van der Waals surface area contributed by atoms with Gasteiger partial charge in [0.2, 0.25) is 0 Å². The molecule has 4 heteroatoms. The number of nitrogens with one attached hydrogen (secondary N) is 1. The number of aliphatic carboxylic acids is 1. The number of hydrogen-bond acceptors (Lipinski definition) is 3. The minimum Gasteiger partial charge on any atom is -0.480 e. The lowest BCUT2D eigenvalue weighted by atomic mass is 9.77. The predicted molar refractivity (Wildman–Crippen MR) is 80.9 cm³/mol. The van der Waals surface area contributed by atoms with Gasteiger partial charge >= 0.3 is 5.97 Å².